The van der Waals surface area contributed by atoms with Crippen molar-refractivity contribution in [1.82, 2.24) is 4.90 Å². The van der Waals surface area contributed by atoms with E-state index in [2.05, 4.69) is 11.8 Å². The SMILES string of the molecule is CCN1CC2CCC1C(=O)C2. The Morgan fingerprint density at radius 1 is 1.55 bits per heavy atom. The van der Waals surface area contributed by atoms with Gasteiger partial charge < -0.3 is 0 Å². The molecular weight excluding hydrogens is 138 g/mol. The second-order valence-corrected chi connectivity index (χ2v) is 3.72. The molecule has 2 aliphatic heterocycles. The van der Waals surface area contributed by atoms with E-state index in [1.165, 1.54) is 13.0 Å². The molecule has 0 aromatic carbocycles. The molecule has 2 atom stereocenters. The predicted molar refractivity (Wildman–Crippen MR) is 43.4 cm³/mol. The Morgan fingerprint density at radius 2 is 2.36 bits per heavy atom. The van der Waals surface area contributed by atoms with Crippen molar-refractivity contribution in [2.75, 3.05) is 13.1 Å². The van der Waals surface area contributed by atoms with Crippen LogP contribution in [0.25, 0.3) is 0 Å². The lowest BCUT2D eigenvalue weighted by Gasteiger charge is -2.43. The highest BCUT2D eigenvalue weighted by molar-refractivity contribution is 5.85. The molecule has 0 radical (unpaired) electrons. The average Bonchev–Trinajstić information content (AvgIpc) is 2.04. The van der Waals surface area contributed by atoms with Gasteiger partial charge in [0.1, 0.15) is 5.78 Å². The minimum atomic E-state index is 0.296. The number of carbonyl (C=O) groups is 1. The van der Waals surface area contributed by atoms with Crippen LogP contribution in [0.3, 0.4) is 0 Å². The van der Waals surface area contributed by atoms with Gasteiger partial charge in [-0.15, -0.1) is 0 Å². The van der Waals surface area contributed by atoms with E-state index in [9.17, 15) is 4.79 Å². The van der Waals surface area contributed by atoms with E-state index in [1.54, 1.807) is 0 Å². The lowest BCUT2D eigenvalue weighted by molar-refractivity contribution is -0.132. The maximum absolute atomic E-state index is 11.4. The van der Waals surface area contributed by atoms with Gasteiger partial charge in [0.25, 0.3) is 0 Å². The molecular formula is C9H15NO. The van der Waals surface area contributed by atoms with Crippen LogP contribution in [0.2, 0.25) is 0 Å². The van der Waals surface area contributed by atoms with Crippen LogP contribution in [0.5, 0.6) is 0 Å². The molecule has 0 spiro atoms. The fraction of sp³-hybridized carbons (Fsp3) is 0.889. The largest absolute Gasteiger partial charge is 0.298 e. The van der Waals surface area contributed by atoms with Gasteiger partial charge in [-0.1, -0.05) is 6.92 Å². The Kier molecular flexibility index (Phi) is 1.72. The Morgan fingerprint density at radius 3 is 2.82 bits per heavy atom. The number of fused-ring (bicyclic) bond motifs is 3. The van der Waals surface area contributed by atoms with E-state index in [4.69, 9.17) is 0 Å². The smallest absolute Gasteiger partial charge is 0.150 e. The molecule has 0 N–H and O–H groups in total. The van der Waals surface area contributed by atoms with Gasteiger partial charge in [-0.05, 0) is 25.3 Å². The Bertz CT molecular complexity index is 178. The fourth-order valence-electron chi connectivity index (χ4n) is 2.43. The lowest BCUT2D eigenvalue weighted by Crippen LogP contribution is -2.53. The van der Waals surface area contributed by atoms with Crippen molar-refractivity contribution in [2.45, 2.75) is 32.2 Å². The summed E-state index contributed by atoms with van der Waals surface area (Å²) in [7, 11) is 0. The lowest BCUT2D eigenvalue weighted by atomic mass is 9.79. The number of carbonyl (C=O) groups excluding carboxylic acids is 1. The number of hydrogen-bond acceptors (Lipinski definition) is 2. The summed E-state index contributed by atoms with van der Waals surface area (Å²) in [6.07, 6.45) is 3.27. The summed E-state index contributed by atoms with van der Waals surface area (Å²) in [6.45, 7) is 4.37. The van der Waals surface area contributed by atoms with E-state index in [0.717, 1.165) is 19.4 Å². The molecule has 2 heteroatoms. The minimum absolute atomic E-state index is 0.296. The number of rotatable bonds is 1. The number of ketones is 1. The normalized spacial score (nSPS) is 38.1. The van der Waals surface area contributed by atoms with Crippen LogP contribution < -0.4 is 0 Å². The molecule has 3 fully saturated rings. The van der Waals surface area contributed by atoms with Crippen molar-refractivity contribution >= 4 is 5.78 Å². The summed E-state index contributed by atoms with van der Waals surface area (Å²) in [6, 6.07) is 0.296. The molecule has 1 saturated carbocycles. The maximum Gasteiger partial charge on any atom is 0.150 e. The molecule has 0 amide bonds. The molecule has 2 nitrogen and oxygen atoms in total. The highest BCUT2D eigenvalue weighted by Gasteiger charge is 2.38. The fourth-order valence-corrected chi connectivity index (χ4v) is 2.43. The molecule has 2 bridgehead atoms. The van der Waals surface area contributed by atoms with Crippen molar-refractivity contribution in [3.63, 3.8) is 0 Å². The van der Waals surface area contributed by atoms with Gasteiger partial charge >= 0.3 is 0 Å². The van der Waals surface area contributed by atoms with E-state index in [1.807, 2.05) is 0 Å². The zero-order valence-corrected chi connectivity index (χ0v) is 7.05. The van der Waals surface area contributed by atoms with Crippen LogP contribution in [0, 0.1) is 5.92 Å². The van der Waals surface area contributed by atoms with E-state index in [0.29, 0.717) is 17.7 Å². The minimum Gasteiger partial charge on any atom is -0.298 e. The summed E-state index contributed by atoms with van der Waals surface area (Å²) in [5, 5.41) is 0. The maximum atomic E-state index is 11.4. The van der Waals surface area contributed by atoms with E-state index in [-0.39, 0.29) is 0 Å². The molecule has 0 aromatic rings. The number of hydrogen-bond donors (Lipinski definition) is 0. The van der Waals surface area contributed by atoms with Gasteiger partial charge in [0.2, 0.25) is 0 Å². The van der Waals surface area contributed by atoms with Gasteiger partial charge in [-0.3, -0.25) is 9.69 Å². The van der Waals surface area contributed by atoms with Crippen molar-refractivity contribution in [1.29, 1.82) is 0 Å². The van der Waals surface area contributed by atoms with E-state index < -0.39 is 0 Å². The van der Waals surface area contributed by atoms with Crippen molar-refractivity contribution in [3.8, 4) is 0 Å². The van der Waals surface area contributed by atoms with Crippen LogP contribution in [0.4, 0.5) is 0 Å². The van der Waals surface area contributed by atoms with Crippen LogP contribution in [0.1, 0.15) is 26.2 Å². The van der Waals surface area contributed by atoms with Gasteiger partial charge in [0, 0.05) is 13.0 Å². The quantitative estimate of drug-likeness (QED) is 0.561. The van der Waals surface area contributed by atoms with Crippen LogP contribution >= 0.6 is 0 Å². The van der Waals surface area contributed by atoms with Gasteiger partial charge in [-0.25, -0.2) is 0 Å². The first-order valence-corrected chi connectivity index (χ1v) is 4.58. The van der Waals surface area contributed by atoms with Gasteiger partial charge in [-0.2, -0.15) is 0 Å². The van der Waals surface area contributed by atoms with Crippen LogP contribution in [-0.2, 0) is 4.79 Å². The molecule has 2 saturated heterocycles. The predicted octanol–water partition coefficient (Wildman–Crippen LogP) is 1.06. The number of piperidine rings is 2. The molecule has 0 aromatic heterocycles. The number of Topliss-reactive ketones (excluding diaryl/α,β-unsaturated/α-hetero) is 1. The van der Waals surface area contributed by atoms with Gasteiger partial charge in [0.15, 0.2) is 0 Å². The Labute approximate surface area is 67.6 Å². The van der Waals surface area contributed by atoms with Crippen molar-refractivity contribution < 1.29 is 4.79 Å². The average molecular weight is 153 g/mol. The number of likely N-dealkylation sites (N-methyl/N-ethyl adjacent to an activating group) is 1. The highest BCUT2D eigenvalue weighted by Crippen LogP contribution is 2.31. The molecule has 3 rings (SSSR count). The van der Waals surface area contributed by atoms with Gasteiger partial charge in [0.05, 0.1) is 6.04 Å². The van der Waals surface area contributed by atoms with E-state index >= 15 is 0 Å². The third-order valence-corrected chi connectivity index (χ3v) is 3.05. The summed E-state index contributed by atoms with van der Waals surface area (Å²) in [5.41, 5.74) is 0. The Balaban J connectivity index is 2.13. The topological polar surface area (TPSA) is 20.3 Å². The van der Waals surface area contributed by atoms with Crippen molar-refractivity contribution in [2.24, 2.45) is 5.92 Å². The van der Waals surface area contributed by atoms with Crippen LogP contribution in [0.15, 0.2) is 0 Å². The molecule has 3 aliphatic rings. The van der Waals surface area contributed by atoms with Crippen molar-refractivity contribution in [3.05, 3.63) is 0 Å². The third-order valence-electron chi connectivity index (χ3n) is 3.05. The standard InChI is InChI=1S/C9H15NO/c1-2-10-6-7-3-4-8(10)9(11)5-7/h7-8H,2-6H2,1H3. The first-order valence-electron chi connectivity index (χ1n) is 4.58. The molecule has 2 heterocycles. The number of nitrogens with zero attached hydrogens (tertiary/aromatic N) is 1. The molecule has 1 aliphatic carbocycles. The van der Waals surface area contributed by atoms with Crippen LogP contribution in [-0.4, -0.2) is 29.8 Å². The summed E-state index contributed by atoms with van der Waals surface area (Å²) < 4.78 is 0. The summed E-state index contributed by atoms with van der Waals surface area (Å²) >= 11 is 0. The molecule has 62 valence electrons. The third kappa shape index (κ3) is 1.09. The first-order chi connectivity index (χ1) is 5.31. The molecule has 2 unspecified atom stereocenters. The highest BCUT2D eigenvalue weighted by atomic mass is 16.1. The monoisotopic (exact) mass is 153 g/mol. The first kappa shape index (κ1) is 7.29. The zero-order valence-electron chi connectivity index (χ0n) is 7.05. The zero-order chi connectivity index (χ0) is 7.84. The second-order valence-electron chi connectivity index (χ2n) is 3.72. The molecule has 11 heavy (non-hydrogen) atoms. The second kappa shape index (κ2) is 2.59. The summed E-state index contributed by atoms with van der Waals surface area (Å²) in [4.78, 5) is 13.7. The summed E-state index contributed by atoms with van der Waals surface area (Å²) in [5.74, 6) is 1.18. The Hall–Kier alpha value is -0.370.